The van der Waals surface area contributed by atoms with E-state index >= 15 is 0 Å². The third-order valence-corrected chi connectivity index (χ3v) is 14.6. The summed E-state index contributed by atoms with van der Waals surface area (Å²) in [5.74, 6) is -2.61. The average Bonchev–Trinajstić information content (AvgIpc) is 3.36. The number of benzene rings is 2. The number of halogens is 1. The van der Waals surface area contributed by atoms with Gasteiger partial charge in [-0.05, 0) is 110 Å². The number of carboxylic acid groups (broad SMARTS) is 1. The molecule has 7 rings (SSSR count). The number of aromatic carboxylic acids is 1. The van der Waals surface area contributed by atoms with E-state index < -0.39 is 55.8 Å². The van der Waals surface area contributed by atoms with Crippen LogP contribution >= 0.6 is 11.6 Å². The third-order valence-electron chi connectivity index (χ3n) is 12.3. The molecule has 3 fully saturated rings. The topological polar surface area (TPSA) is 236 Å². The number of phenols is 1. The van der Waals surface area contributed by atoms with Crippen LogP contribution in [-0.2, 0) is 19.6 Å². The number of pyridine rings is 1. The normalized spacial score (nSPS) is 32.0. The van der Waals surface area contributed by atoms with Crippen molar-refractivity contribution in [1.29, 1.82) is 0 Å². The molecule has 0 saturated heterocycles. The van der Waals surface area contributed by atoms with E-state index in [2.05, 4.69) is 19.9 Å². The molecule has 14 nitrogen and oxygen atoms in total. The molecular formula is C40H43ClN4O10S. The Balaban J connectivity index is 0.000000190. The van der Waals surface area contributed by atoms with Gasteiger partial charge in [-0.2, -0.15) is 10.2 Å². The number of carboxylic acids is 1. The highest BCUT2D eigenvalue weighted by Gasteiger charge is 2.74. The number of hydrogen-bond donors (Lipinski definition) is 6. The maximum Gasteiger partial charge on any atom is 0.339 e. The summed E-state index contributed by atoms with van der Waals surface area (Å²) in [5.41, 5.74) is -1.95. The van der Waals surface area contributed by atoms with E-state index in [9.17, 15) is 43.2 Å². The number of aliphatic hydroxyl groups excluding tert-OH is 2. The van der Waals surface area contributed by atoms with Gasteiger partial charge in [-0.25, -0.2) is 18.2 Å². The largest absolute Gasteiger partial charge is 0.507 e. The van der Waals surface area contributed by atoms with E-state index in [4.69, 9.17) is 16.7 Å². The number of sulfonamides is 1. The lowest BCUT2D eigenvalue weighted by Gasteiger charge is -2.63. The highest BCUT2D eigenvalue weighted by molar-refractivity contribution is 7.92. The molecule has 0 radical (unpaired) electrons. The molecule has 296 valence electrons. The van der Waals surface area contributed by atoms with Crippen molar-refractivity contribution >= 4 is 56.4 Å². The van der Waals surface area contributed by atoms with Gasteiger partial charge in [0.15, 0.2) is 11.6 Å². The molecule has 6 N–H and O–H groups in total. The highest BCUT2D eigenvalue weighted by atomic mass is 35.5. The fourth-order valence-electron chi connectivity index (χ4n) is 9.45. The lowest BCUT2D eigenvalue weighted by Crippen LogP contribution is -2.69. The lowest BCUT2D eigenvalue weighted by molar-refractivity contribution is -0.179. The summed E-state index contributed by atoms with van der Waals surface area (Å²) in [6.45, 7) is 4.97. The van der Waals surface area contributed by atoms with Crippen molar-refractivity contribution in [2.45, 2.75) is 67.9 Å². The number of aliphatic hydroxyl groups is 3. The Morgan fingerprint density at radius 2 is 1.71 bits per heavy atom. The smallest absolute Gasteiger partial charge is 0.339 e. The summed E-state index contributed by atoms with van der Waals surface area (Å²) in [5, 5.41) is 58.6. The number of hydrogen-bond acceptors (Lipinski definition) is 12. The minimum absolute atomic E-state index is 0.0231. The molecule has 56 heavy (non-hydrogen) atoms. The highest BCUT2D eigenvalue weighted by Crippen LogP contribution is 2.71. The lowest BCUT2D eigenvalue weighted by atomic mass is 9.45. The van der Waals surface area contributed by atoms with Crippen LogP contribution < -0.4 is 4.72 Å². The summed E-state index contributed by atoms with van der Waals surface area (Å²) in [4.78, 5) is 38.5. The number of nitrogens with zero attached hydrogens (tertiary/aromatic N) is 3. The number of ketones is 2. The second-order valence-corrected chi connectivity index (χ2v) is 17.6. The Hall–Kier alpha value is -4.80. The van der Waals surface area contributed by atoms with Crippen molar-refractivity contribution in [3.63, 3.8) is 0 Å². The van der Waals surface area contributed by atoms with Gasteiger partial charge in [-0.3, -0.25) is 14.3 Å². The fraction of sp³-hybridized carbons (Fsp3) is 0.400. The molecule has 0 aliphatic heterocycles. The summed E-state index contributed by atoms with van der Waals surface area (Å²) < 4.78 is 27.0. The molecule has 2 aromatic carbocycles. The maximum atomic E-state index is 12.6. The zero-order chi connectivity index (χ0) is 40.8. The molecule has 3 saturated carbocycles. The Morgan fingerprint density at radius 3 is 2.36 bits per heavy atom. The molecule has 0 unspecified atom stereocenters. The molecular weight excluding hydrogens is 764 g/mol. The molecule has 1 heterocycles. The summed E-state index contributed by atoms with van der Waals surface area (Å²) in [6, 6.07) is 14.3. The standard InChI is InChI=1S/C22H29ClO5.C18H14N4O5S/c1-12-8-16-15-5-4-13-9-14(25)6-7-19(13,2)21(15,23)17(26)10-20(16,3)22(12,28)18(27)11-24;23-16-9-6-13(11-15(16)18(24)25)21-20-12-4-7-14(8-5-12)28(26,27)22-17-3-1-2-10-19-17/h6-7,9,12,15-17,24,26,28H,4-5,8,10-11H2,1-3H3;1-11,23H,(H,19,22)(H,24,25)/t12-,15-,16-,17-,19-,20-,21-,22-;/m0./s1. The van der Waals surface area contributed by atoms with Crippen molar-refractivity contribution < 1.29 is 48.3 Å². The van der Waals surface area contributed by atoms with Gasteiger partial charge >= 0.3 is 5.97 Å². The number of aromatic hydroxyl groups is 1. The predicted octanol–water partition coefficient (Wildman–Crippen LogP) is 5.87. The number of nitrogens with one attached hydrogen (secondary N) is 1. The average molecular weight is 807 g/mol. The van der Waals surface area contributed by atoms with E-state index in [0.29, 0.717) is 24.9 Å². The summed E-state index contributed by atoms with van der Waals surface area (Å²) in [7, 11) is -3.79. The molecule has 8 atom stereocenters. The van der Waals surface area contributed by atoms with Crippen LogP contribution in [-0.4, -0.2) is 79.7 Å². The third kappa shape index (κ3) is 6.74. The number of anilines is 1. The van der Waals surface area contributed by atoms with Crippen LogP contribution in [0.15, 0.2) is 106 Å². The van der Waals surface area contributed by atoms with Crippen LogP contribution in [0.1, 0.15) is 56.8 Å². The second-order valence-electron chi connectivity index (χ2n) is 15.3. The van der Waals surface area contributed by atoms with Gasteiger partial charge in [0.2, 0.25) is 0 Å². The first-order valence-corrected chi connectivity index (χ1v) is 19.9. The number of carbonyl (C=O) groups excluding carboxylic acids is 2. The minimum atomic E-state index is -3.79. The SMILES string of the molecule is C[C@H]1C[C@H]2[C@@H]3CCC4=CC(=O)C=C[C@]4(C)[C@@]3(Cl)[C@@H](O)C[C@]2(C)[C@@]1(O)C(=O)CO.O=C(O)c1cc(N=Nc2ccc(S(=O)(=O)Nc3ccccn3)cc2)ccc1O. The number of azo groups is 1. The molecule has 0 bridgehead atoms. The number of alkyl halides is 1. The van der Waals surface area contributed by atoms with Gasteiger partial charge in [0.25, 0.3) is 10.0 Å². The second kappa shape index (κ2) is 14.9. The maximum absolute atomic E-state index is 12.6. The Labute approximate surface area is 328 Å². The fourth-order valence-corrected chi connectivity index (χ4v) is 11.0. The van der Waals surface area contributed by atoms with Crippen LogP contribution in [0.2, 0.25) is 0 Å². The van der Waals surface area contributed by atoms with Crippen LogP contribution in [0, 0.1) is 28.6 Å². The molecule has 0 amide bonds. The van der Waals surface area contributed by atoms with Gasteiger partial charge < -0.3 is 25.5 Å². The first-order chi connectivity index (χ1) is 26.3. The Kier molecular flexibility index (Phi) is 10.9. The molecule has 4 aliphatic rings. The van der Waals surface area contributed by atoms with Crippen LogP contribution in [0.5, 0.6) is 5.75 Å². The van der Waals surface area contributed by atoms with E-state index in [1.54, 1.807) is 18.2 Å². The molecule has 16 heteroatoms. The Morgan fingerprint density at radius 1 is 1.04 bits per heavy atom. The number of carbonyl (C=O) groups is 3. The first-order valence-electron chi connectivity index (χ1n) is 18.0. The van der Waals surface area contributed by atoms with Crippen molar-refractivity contribution in [2.24, 2.45) is 38.8 Å². The van der Waals surface area contributed by atoms with Crippen LogP contribution in [0.4, 0.5) is 17.2 Å². The summed E-state index contributed by atoms with van der Waals surface area (Å²) in [6.07, 6.45) is 7.70. The summed E-state index contributed by atoms with van der Waals surface area (Å²) >= 11 is 7.30. The van der Waals surface area contributed by atoms with Gasteiger partial charge in [0, 0.05) is 17.0 Å². The number of allylic oxidation sites excluding steroid dienone is 4. The van der Waals surface area contributed by atoms with Crippen molar-refractivity contribution in [2.75, 3.05) is 11.3 Å². The van der Waals surface area contributed by atoms with Gasteiger partial charge in [-0.1, -0.05) is 38.5 Å². The van der Waals surface area contributed by atoms with Crippen molar-refractivity contribution in [1.82, 2.24) is 4.98 Å². The van der Waals surface area contributed by atoms with Gasteiger partial charge in [0.1, 0.15) is 29.3 Å². The molecule has 3 aromatic rings. The van der Waals surface area contributed by atoms with Crippen LogP contribution in [0.3, 0.4) is 0 Å². The van der Waals surface area contributed by atoms with Crippen LogP contribution in [0.25, 0.3) is 0 Å². The first kappa shape index (κ1) is 40.9. The van der Waals surface area contributed by atoms with E-state index in [-0.39, 0.29) is 57.7 Å². The predicted molar refractivity (Wildman–Crippen MR) is 205 cm³/mol. The zero-order valence-corrected chi connectivity index (χ0v) is 32.4. The molecule has 0 spiro atoms. The number of aromatic nitrogens is 1. The quantitative estimate of drug-likeness (QED) is 0.116. The van der Waals surface area contributed by atoms with E-state index in [1.807, 2.05) is 26.8 Å². The number of rotatable bonds is 8. The van der Waals surface area contributed by atoms with Crippen molar-refractivity contribution in [3.05, 3.63) is 96.2 Å². The van der Waals surface area contributed by atoms with Gasteiger partial charge in [0.05, 0.1) is 27.2 Å². The zero-order valence-electron chi connectivity index (χ0n) is 30.8. The minimum Gasteiger partial charge on any atom is -0.507 e. The number of fused-ring (bicyclic) bond motifs is 5. The molecule has 4 aliphatic carbocycles. The van der Waals surface area contributed by atoms with E-state index in [1.165, 1.54) is 60.8 Å². The Bertz CT molecular complexity index is 2250. The van der Waals surface area contributed by atoms with E-state index in [0.717, 1.165) is 5.57 Å². The van der Waals surface area contributed by atoms with Gasteiger partial charge in [-0.15, -0.1) is 11.6 Å². The molecule has 1 aromatic heterocycles. The monoisotopic (exact) mass is 806 g/mol. The van der Waals surface area contributed by atoms with Crippen molar-refractivity contribution in [3.8, 4) is 5.75 Å². The number of Topliss-reactive ketones (excluding diaryl/α,β-unsaturated/α-hetero) is 1.